The van der Waals surface area contributed by atoms with E-state index in [1.165, 1.54) is 5.56 Å². The van der Waals surface area contributed by atoms with Gasteiger partial charge in [-0.3, -0.25) is 4.79 Å². The van der Waals surface area contributed by atoms with Crippen molar-refractivity contribution in [2.45, 2.75) is 45.6 Å². The lowest BCUT2D eigenvalue weighted by atomic mass is 9.94. The molecule has 0 amide bonds. The Morgan fingerprint density at radius 3 is 2.69 bits per heavy atom. The number of fused-ring (bicyclic) bond motifs is 1. The number of ether oxygens (including phenoxy) is 1. The molecule has 2 aliphatic rings. The first kappa shape index (κ1) is 19.6. The quantitative estimate of drug-likeness (QED) is 0.767. The zero-order valence-corrected chi connectivity index (χ0v) is 17.7. The number of benzene rings is 2. The van der Waals surface area contributed by atoms with Crippen LogP contribution in [-0.2, 0) is 4.79 Å². The van der Waals surface area contributed by atoms with Crippen LogP contribution < -0.4 is 15.0 Å². The molecule has 0 radical (unpaired) electrons. The fraction of sp³-hybridized carbons (Fsp3) is 0.458. The van der Waals surface area contributed by atoms with Crippen molar-refractivity contribution in [1.29, 1.82) is 0 Å². The van der Waals surface area contributed by atoms with Gasteiger partial charge >= 0.3 is 5.97 Å². The summed E-state index contributed by atoms with van der Waals surface area (Å²) in [6, 6.07) is 12.8. The van der Waals surface area contributed by atoms with Gasteiger partial charge in [-0.2, -0.15) is 0 Å². The van der Waals surface area contributed by atoms with Gasteiger partial charge in [-0.1, -0.05) is 26.0 Å². The Morgan fingerprint density at radius 1 is 1.24 bits per heavy atom. The molecule has 4 rings (SSSR count). The van der Waals surface area contributed by atoms with Crippen LogP contribution in [0.5, 0.6) is 5.75 Å². The molecule has 1 fully saturated rings. The molecular weight excluding hydrogens is 364 g/mol. The zero-order chi connectivity index (χ0) is 20.8. The van der Waals surface area contributed by atoms with E-state index in [9.17, 15) is 4.79 Å². The van der Waals surface area contributed by atoms with Gasteiger partial charge in [0.25, 0.3) is 0 Å². The van der Waals surface area contributed by atoms with Crippen molar-refractivity contribution in [2.75, 3.05) is 29.9 Å². The molecule has 0 aliphatic carbocycles. The largest absolute Gasteiger partial charge is 0.486 e. The smallest absolute Gasteiger partial charge is 0.310 e. The zero-order valence-electron chi connectivity index (χ0n) is 17.7. The molecule has 0 bridgehead atoms. The fourth-order valence-electron chi connectivity index (χ4n) is 4.01. The van der Waals surface area contributed by atoms with Crippen LogP contribution in [0.4, 0.5) is 11.4 Å². The molecule has 5 heteroatoms. The van der Waals surface area contributed by atoms with Crippen molar-refractivity contribution < 1.29 is 14.6 Å². The van der Waals surface area contributed by atoms with Gasteiger partial charge in [-0.25, -0.2) is 0 Å². The summed E-state index contributed by atoms with van der Waals surface area (Å²) in [7, 11) is 0. The summed E-state index contributed by atoms with van der Waals surface area (Å²) in [5, 5.41) is 12.8. The van der Waals surface area contributed by atoms with E-state index >= 15 is 0 Å². The monoisotopic (exact) mass is 394 g/mol. The van der Waals surface area contributed by atoms with Gasteiger partial charge in [-0.05, 0) is 55.2 Å². The predicted octanol–water partition coefficient (Wildman–Crippen LogP) is 4.97. The summed E-state index contributed by atoms with van der Waals surface area (Å²) in [6.45, 7) is 10.7. The molecule has 2 aromatic carbocycles. The van der Waals surface area contributed by atoms with Crippen LogP contribution in [0.2, 0.25) is 0 Å². The van der Waals surface area contributed by atoms with Crippen molar-refractivity contribution in [3.8, 4) is 16.9 Å². The maximum absolute atomic E-state index is 11.1. The molecule has 0 unspecified atom stereocenters. The molecule has 1 saturated heterocycles. The van der Waals surface area contributed by atoms with Crippen LogP contribution in [0, 0.1) is 5.92 Å². The van der Waals surface area contributed by atoms with E-state index in [-0.39, 0.29) is 11.5 Å². The van der Waals surface area contributed by atoms with E-state index in [1.54, 1.807) is 0 Å². The molecule has 2 heterocycles. The molecule has 29 heavy (non-hydrogen) atoms. The normalized spacial score (nSPS) is 18.3. The predicted molar refractivity (Wildman–Crippen MR) is 117 cm³/mol. The van der Waals surface area contributed by atoms with E-state index in [0.717, 1.165) is 41.2 Å². The SMILES string of the molecule is CC(C)c1cc2c(c(-c3cccc(N4CC(C(=O)O)C4)c3)c1)NCCC(C)(C)O2. The van der Waals surface area contributed by atoms with Crippen molar-refractivity contribution in [3.63, 3.8) is 0 Å². The van der Waals surface area contributed by atoms with Crippen LogP contribution in [0.15, 0.2) is 36.4 Å². The van der Waals surface area contributed by atoms with Crippen LogP contribution >= 0.6 is 0 Å². The molecule has 5 nitrogen and oxygen atoms in total. The van der Waals surface area contributed by atoms with E-state index in [2.05, 4.69) is 74.3 Å². The fourth-order valence-corrected chi connectivity index (χ4v) is 4.01. The molecule has 0 spiro atoms. The average Bonchev–Trinajstić information content (AvgIpc) is 2.76. The molecule has 0 aromatic heterocycles. The van der Waals surface area contributed by atoms with Crippen LogP contribution in [0.3, 0.4) is 0 Å². The molecule has 0 saturated carbocycles. The van der Waals surface area contributed by atoms with E-state index in [1.807, 2.05) is 0 Å². The number of aliphatic carboxylic acids is 1. The van der Waals surface area contributed by atoms with Crippen LogP contribution in [0.1, 0.15) is 45.6 Å². The number of carbonyl (C=O) groups is 1. The second kappa shape index (κ2) is 7.29. The summed E-state index contributed by atoms with van der Waals surface area (Å²) in [5.74, 6) is 0.325. The topological polar surface area (TPSA) is 61.8 Å². The lowest BCUT2D eigenvalue weighted by molar-refractivity contribution is -0.142. The first-order valence-corrected chi connectivity index (χ1v) is 10.4. The summed E-state index contributed by atoms with van der Waals surface area (Å²) in [4.78, 5) is 13.3. The molecule has 154 valence electrons. The third kappa shape index (κ3) is 3.91. The van der Waals surface area contributed by atoms with Crippen molar-refractivity contribution in [2.24, 2.45) is 5.92 Å². The summed E-state index contributed by atoms with van der Waals surface area (Å²) >= 11 is 0. The van der Waals surface area contributed by atoms with Crippen LogP contribution in [0.25, 0.3) is 11.1 Å². The first-order chi connectivity index (χ1) is 13.7. The number of hydrogen-bond acceptors (Lipinski definition) is 4. The van der Waals surface area contributed by atoms with Crippen LogP contribution in [-0.4, -0.2) is 36.3 Å². The lowest BCUT2D eigenvalue weighted by Crippen LogP contribution is -2.50. The minimum absolute atomic E-state index is 0.212. The third-order valence-corrected chi connectivity index (χ3v) is 5.96. The Labute approximate surface area is 172 Å². The van der Waals surface area contributed by atoms with Gasteiger partial charge in [0.2, 0.25) is 0 Å². The second-order valence-electron chi connectivity index (χ2n) is 9.13. The molecule has 0 atom stereocenters. The molecular formula is C24H30N2O3. The Kier molecular flexibility index (Phi) is 4.93. The molecule has 2 aliphatic heterocycles. The second-order valence-corrected chi connectivity index (χ2v) is 9.13. The highest BCUT2D eigenvalue weighted by molar-refractivity contribution is 5.85. The summed E-state index contributed by atoms with van der Waals surface area (Å²) < 4.78 is 6.41. The van der Waals surface area contributed by atoms with Gasteiger partial charge in [-0.15, -0.1) is 0 Å². The third-order valence-electron chi connectivity index (χ3n) is 5.96. The molecule has 2 N–H and O–H groups in total. The number of anilines is 2. The average molecular weight is 395 g/mol. The first-order valence-electron chi connectivity index (χ1n) is 10.4. The Balaban J connectivity index is 1.74. The van der Waals surface area contributed by atoms with E-state index < -0.39 is 5.97 Å². The number of carboxylic acids is 1. The minimum Gasteiger partial charge on any atom is -0.486 e. The highest BCUT2D eigenvalue weighted by atomic mass is 16.5. The standard InChI is InChI=1S/C24H30N2O3/c1-15(2)17-11-20(22-21(12-17)29-24(3,4)8-9-25-22)16-6-5-7-19(10-16)26-13-18(14-26)23(27)28/h5-7,10-12,15,18,25H,8-9,13-14H2,1-4H3,(H,27,28). The van der Waals surface area contributed by atoms with E-state index in [4.69, 9.17) is 9.84 Å². The minimum atomic E-state index is -0.712. The van der Waals surface area contributed by atoms with E-state index in [0.29, 0.717) is 19.0 Å². The summed E-state index contributed by atoms with van der Waals surface area (Å²) in [6.07, 6.45) is 0.933. The highest BCUT2D eigenvalue weighted by Crippen LogP contribution is 2.43. The maximum atomic E-state index is 11.1. The number of nitrogens with one attached hydrogen (secondary N) is 1. The van der Waals surface area contributed by atoms with Crippen molar-refractivity contribution in [1.82, 2.24) is 0 Å². The molecule has 2 aromatic rings. The Hall–Kier alpha value is -2.69. The Bertz CT molecular complexity index is 930. The highest BCUT2D eigenvalue weighted by Gasteiger charge is 2.33. The van der Waals surface area contributed by atoms with Gasteiger partial charge in [0.1, 0.15) is 11.4 Å². The summed E-state index contributed by atoms with van der Waals surface area (Å²) in [5.41, 5.74) is 5.41. The van der Waals surface area contributed by atoms with Crippen molar-refractivity contribution >= 4 is 17.3 Å². The Morgan fingerprint density at radius 2 is 2.00 bits per heavy atom. The van der Waals surface area contributed by atoms with Gasteiger partial charge in [0, 0.05) is 37.3 Å². The number of nitrogens with zero attached hydrogens (tertiary/aromatic N) is 1. The van der Waals surface area contributed by atoms with Gasteiger partial charge in [0.05, 0.1) is 11.6 Å². The number of carboxylic acid groups (broad SMARTS) is 1. The van der Waals surface area contributed by atoms with Gasteiger partial charge in [0.15, 0.2) is 0 Å². The lowest BCUT2D eigenvalue weighted by Gasteiger charge is -2.38. The number of rotatable bonds is 4. The maximum Gasteiger partial charge on any atom is 0.310 e. The van der Waals surface area contributed by atoms with Crippen molar-refractivity contribution in [3.05, 3.63) is 42.0 Å². The number of hydrogen-bond donors (Lipinski definition) is 2. The van der Waals surface area contributed by atoms with Gasteiger partial charge < -0.3 is 20.1 Å².